The Morgan fingerprint density at radius 3 is 2.71 bits per heavy atom. The van der Waals surface area contributed by atoms with E-state index < -0.39 is 5.97 Å². The minimum Gasteiger partial charge on any atom is -0.465 e. The number of carbonyl (C=O) groups excluding carboxylic acids is 3. The fraction of sp³-hybridized carbons (Fsp3) is 0.357. The van der Waals surface area contributed by atoms with Gasteiger partial charge in [0, 0.05) is 5.69 Å². The molecule has 0 spiro atoms. The smallest absolute Gasteiger partial charge is 0.337 e. The van der Waals surface area contributed by atoms with E-state index in [1.807, 2.05) is 5.32 Å². The van der Waals surface area contributed by atoms with Gasteiger partial charge >= 0.3 is 5.97 Å². The zero-order valence-electron chi connectivity index (χ0n) is 11.7. The zero-order chi connectivity index (χ0) is 15.2. The Bertz CT molecular complexity index is 542. The van der Waals surface area contributed by atoms with Crippen LogP contribution < -0.4 is 16.0 Å². The molecule has 1 aromatic carbocycles. The van der Waals surface area contributed by atoms with Crippen LogP contribution >= 0.6 is 0 Å². The Hall–Kier alpha value is -2.41. The van der Waals surface area contributed by atoms with Crippen molar-refractivity contribution >= 4 is 23.5 Å². The molecule has 7 nitrogen and oxygen atoms in total. The Kier molecular flexibility index (Phi) is 4.89. The number of nitrogens with one attached hydrogen (secondary N) is 2. The highest BCUT2D eigenvalue weighted by Gasteiger charge is 2.27. The first-order valence-electron chi connectivity index (χ1n) is 6.69. The van der Waals surface area contributed by atoms with Crippen LogP contribution in [0.2, 0.25) is 0 Å². The summed E-state index contributed by atoms with van der Waals surface area (Å²) in [4.78, 5) is 34.7. The molecule has 1 aliphatic rings. The van der Waals surface area contributed by atoms with E-state index in [1.54, 1.807) is 24.3 Å². The minimum absolute atomic E-state index is 0.113. The molecule has 0 aliphatic carbocycles. The second-order valence-corrected chi connectivity index (χ2v) is 4.74. The van der Waals surface area contributed by atoms with E-state index in [0.717, 1.165) is 6.54 Å². The maximum absolute atomic E-state index is 11.9. The van der Waals surface area contributed by atoms with Gasteiger partial charge in [-0.15, -0.1) is 0 Å². The van der Waals surface area contributed by atoms with Crippen LogP contribution in [-0.4, -0.2) is 44.0 Å². The molecule has 7 heteroatoms. The van der Waals surface area contributed by atoms with E-state index >= 15 is 0 Å². The normalized spacial score (nSPS) is 17.8. The Morgan fingerprint density at radius 1 is 1.38 bits per heavy atom. The number of ether oxygens (including phenoxy) is 1. The van der Waals surface area contributed by atoms with Crippen molar-refractivity contribution in [1.29, 1.82) is 0 Å². The van der Waals surface area contributed by atoms with E-state index in [2.05, 4.69) is 15.4 Å². The van der Waals surface area contributed by atoms with Gasteiger partial charge in [0.05, 0.1) is 32.2 Å². The average molecular weight is 292 g/mol. The number of hydrogen-bond acceptors (Lipinski definition) is 4. The molecule has 1 heterocycles. The molecule has 1 aliphatic heterocycles. The number of esters is 1. The van der Waals surface area contributed by atoms with Gasteiger partial charge in [0.25, 0.3) is 5.91 Å². The van der Waals surface area contributed by atoms with Crippen LogP contribution in [0.3, 0.4) is 0 Å². The highest BCUT2D eigenvalue weighted by atomic mass is 16.5. The maximum atomic E-state index is 11.9. The molecule has 2 rings (SSSR count). The van der Waals surface area contributed by atoms with Gasteiger partial charge < -0.3 is 20.7 Å². The van der Waals surface area contributed by atoms with Crippen molar-refractivity contribution in [2.24, 2.45) is 0 Å². The standard InChI is InChI=1S/C14H17N3O4/c1-21-14(20)9-2-4-10(5-3-9)17-12(18)8-11-13(19)16-7-6-15-11/h2-5,11,15H,6-8H2,1H3,(H,16,19)(H,17,18)/p+1/t11-/m0/s1. The lowest BCUT2D eigenvalue weighted by atomic mass is 10.1. The monoisotopic (exact) mass is 292 g/mol. The summed E-state index contributed by atoms with van der Waals surface area (Å²) in [6, 6.07) is 6.00. The van der Waals surface area contributed by atoms with Crippen molar-refractivity contribution in [2.75, 3.05) is 25.5 Å². The average Bonchev–Trinajstić information content (AvgIpc) is 2.49. The highest BCUT2D eigenvalue weighted by Crippen LogP contribution is 2.11. The van der Waals surface area contributed by atoms with E-state index in [4.69, 9.17) is 0 Å². The number of rotatable bonds is 4. The van der Waals surface area contributed by atoms with Crippen LogP contribution in [0.25, 0.3) is 0 Å². The van der Waals surface area contributed by atoms with Crippen molar-refractivity contribution < 1.29 is 24.4 Å². The first kappa shape index (κ1) is 15.0. The Labute approximate surface area is 122 Å². The molecule has 2 amide bonds. The summed E-state index contributed by atoms with van der Waals surface area (Å²) < 4.78 is 4.59. The van der Waals surface area contributed by atoms with E-state index in [-0.39, 0.29) is 24.3 Å². The zero-order valence-corrected chi connectivity index (χ0v) is 11.7. The number of carbonyl (C=O) groups is 3. The lowest BCUT2D eigenvalue weighted by molar-refractivity contribution is -0.678. The van der Waals surface area contributed by atoms with Crippen LogP contribution in [0.5, 0.6) is 0 Å². The number of methoxy groups -OCH3 is 1. The first-order chi connectivity index (χ1) is 10.1. The quantitative estimate of drug-likeness (QED) is 0.611. The van der Waals surface area contributed by atoms with Crippen LogP contribution in [-0.2, 0) is 14.3 Å². The summed E-state index contributed by atoms with van der Waals surface area (Å²) in [5.41, 5.74) is 0.986. The Balaban J connectivity index is 1.90. The van der Waals surface area contributed by atoms with Gasteiger partial charge in [-0.05, 0) is 24.3 Å². The molecule has 0 bridgehead atoms. The number of nitrogens with two attached hydrogens (primary N) is 1. The third-order valence-corrected chi connectivity index (χ3v) is 3.23. The fourth-order valence-corrected chi connectivity index (χ4v) is 2.11. The van der Waals surface area contributed by atoms with Gasteiger partial charge in [0.2, 0.25) is 5.91 Å². The largest absolute Gasteiger partial charge is 0.465 e. The van der Waals surface area contributed by atoms with Crippen molar-refractivity contribution in [3.8, 4) is 0 Å². The van der Waals surface area contributed by atoms with Gasteiger partial charge in [0.1, 0.15) is 0 Å². The summed E-state index contributed by atoms with van der Waals surface area (Å²) in [5.74, 6) is -0.780. The molecule has 1 atom stereocenters. The highest BCUT2D eigenvalue weighted by molar-refractivity contribution is 5.95. The lowest BCUT2D eigenvalue weighted by Crippen LogP contribution is -2.96. The third-order valence-electron chi connectivity index (χ3n) is 3.23. The molecule has 21 heavy (non-hydrogen) atoms. The first-order valence-corrected chi connectivity index (χ1v) is 6.69. The third kappa shape index (κ3) is 4.03. The predicted molar refractivity (Wildman–Crippen MR) is 74.6 cm³/mol. The predicted octanol–water partition coefficient (Wildman–Crippen LogP) is -1.14. The number of anilines is 1. The SMILES string of the molecule is COC(=O)c1ccc(NC(=O)C[C@@H]2[NH2+]CCNC2=O)cc1. The molecule has 1 fully saturated rings. The number of piperazine rings is 1. The number of benzene rings is 1. The Morgan fingerprint density at radius 2 is 2.10 bits per heavy atom. The fourth-order valence-electron chi connectivity index (χ4n) is 2.11. The van der Waals surface area contributed by atoms with Crippen LogP contribution in [0.15, 0.2) is 24.3 Å². The van der Waals surface area contributed by atoms with Crippen molar-refractivity contribution in [3.63, 3.8) is 0 Å². The maximum Gasteiger partial charge on any atom is 0.337 e. The second-order valence-electron chi connectivity index (χ2n) is 4.74. The summed E-state index contributed by atoms with van der Waals surface area (Å²) in [6.07, 6.45) is 0.116. The van der Waals surface area contributed by atoms with Crippen molar-refractivity contribution in [2.45, 2.75) is 12.5 Å². The van der Waals surface area contributed by atoms with Crippen LogP contribution in [0.4, 0.5) is 5.69 Å². The second kappa shape index (κ2) is 6.85. The van der Waals surface area contributed by atoms with Gasteiger partial charge in [-0.2, -0.15) is 0 Å². The summed E-state index contributed by atoms with van der Waals surface area (Å²) in [6.45, 7) is 1.41. The molecule has 0 aromatic heterocycles. The molecule has 0 saturated carbocycles. The van der Waals surface area contributed by atoms with Gasteiger partial charge in [-0.1, -0.05) is 0 Å². The molecule has 0 radical (unpaired) electrons. The van der Waals surface area contributed by atoms with Gasteiger partial charge in [-0.3, -0.25) is 9.59 Å². The number of quaternary nitrogens is 1. The van der Waals surface area contributed by atoms with Crippen LogP contribution in [0.1, 0.15) is 16.8 Å². The molecule has 1 aromatic rings. The van der Waals surface area contributed by atoms with E-state index in [0.29, 0.717) is 17.8 Å². The molecule has 112 valence electrons. The topological polar surface area (TPSA) is 101 Å². The lowest BCUT2D eigenvalue weighted by Gasteiger charge is -2.19. The van der Waals surface area contributed by atoms with Gasteiger partial charge in [-0.25, -0.2) is 4.79 Å². The summed E-state index contributed by atoms with van der Waals surface area (Å²) >= 11 is 0. The summed E-state index contributed by atoms with van der Waals surface area (Å²) in [5, 5.41) is 7.29. The molecular weight excluding hydrogens is 274 g/mol. The summed E-state index contributed by atoms with van der Waals surface area (Å²) in [7, 11) is 1.31. The minimum atomic E-state index is -0.429. The van der Waals surface area contributed by atoms with Crippen molar-refractivity contribution in [1.82, 2.24) is 5.32 Å². The molecular formula is C14H18N3O4+. The van der Waals surface area contributed by atoms with Crippen LogP contribution in [0, 0.1) is 0 Å². The van der Waals surface area contributed by atoms with Crippen molar-refractivity contribution in [3.05, 3.63) is 29.8 Å². The van der Waals surface area contributed by atoms with E-state index in [9.17, 15) is 14.4 Å². The van der Waals surface area contributed by atoms with Gasteiger partial charge in [0.15, 0.2) is 6.04 Å². The van der Waals surface area contributed by atoms with E-state index in [1.165, 1.54) is 7.11 Å². The molecule has 1 saturated heterocycles. The molecule has 0 unspecified atom stereocenters. The number of hydrogen-bond donors (Lipinski definition) is 3. The molecule has 4 N–H and O–H groups in total. The number of amides is 2.